The van der Waals surface area contributed by atoms with Crippen molar-refractivity contribution in [1.29, 1.82) is 0 Å². The SMILES string of the molecule is NCC[C@](O)(COCc1cccc(Br)c1)c1ccccc1. The second-order valence-corrected chi connectivity index (χ2v) is 5.97. The second-order valence-electron chi connectivity index (χ2n) is 5.06. The van der Waals surface area contributed by atoms with Gasteiger partial charge in [0.15, 0.2) is 0 Å². The monoisotopic (exact) mass is 349 g/mol. The lowest BCUT2D eigenvalue weighted by molar-refractivity contribution is -0.0602. The van der Waals surface area contributed by atoms with Gasteiger partial charge in [0.1, 0.15) is 5.60 Å². The van der Waals surface area contributed by atoms with Crippen LogP contribution >= 0.6 is 15.9 Å². The predicted octanol–water partition coefficient (Wildman–Crippen LogP) is 3.20. The van der Waals surface area contributed by atoms with Gasteiger partial charge in [-0.05, 0) is 36.2 Å². The van der Waals surface area contributed by atoms with Crippen molar-refractivity contribution in [3.05, 3.63) is 70.2 Å². The first-order valence-corrected chi connectivity index (χ1v) is 7.73. The lowest BCUT2D eigenvalue weighted by atomic mass is 9.91. The Kier molecular flexibility index (Phi) is 5.94. The smallest absolute Gasteiger partial charge is 0.114 e. The highest BCUT2D eigenvalue weighted by Gasteiger charge is 2.28. The molecule has 2 aromatic carbocycles. The van der Waals surface area contributed by atoms with E-state index in [-0.39, 0.29) is 6.61 Å². The molecule has 0 aliphatic heterocycles. The summed E-state index contributed by atoms with van der Waals surface area (Å²) >= 11 is 3.43. The predicted molar refractivity (Wildman–Crippen MR) is 87.8 cm³/mol. The molecule has 0 saturated heterocycles. The number of ether oxygens (including phenoxy) is 1. The van der Waals surface area contributed by atoms with E-state index in [4.69, 9.17) is 10.5 Å². The molecule has 1 atom stereocenters. The molecule has 0 aliphatic rings. The Bertz CT molecular complexity index is 562. The summed E-state index contributed by atoms with van der Waals surface area (Å²) in [6.45, 7) is 1.09. The number of hydrogen-bond acceptors (Lipinski definition) is 3. The molecular formula is C17H20BrNO2. The van der Waals surface area contributed by atoms with Crippen molar-refractivity contribution < 1.29 is 9.84 Å². The maximum absolute atomic E-state index is 10.8. The Morgan fingerprint density at radius 1 is 1.10 bits per heavy atom. The molecule has 112 valence electrons. The average Bonchev–Trinajstić information content (AvgIpc) is 2.48. The standard InChI is InChI=1S/C17H20BrNO2/c18-16-8-4-5-14(11-16)12-21-13-17(20,9-10-19)15-6-2-1-3-7-15/h1-8,11,20H,9-10,12-13,19H2/t17-/m0/s1. The third-order valence-electron chi connectivity index (χ3n) is 3.37. The number of benzene rings is 2. The largest absolute Gasteiger partial charge is 0.383 e. The van der Waals surface area contributed by atoms with Gasteiger partial charge < -0.3 is 15.6 Å². The highest BCUT2D eigenvalue weighted by molar-refractivity contribution is 9.10. The maximum Gasteiger partial charge on any atom is 0.114 e. The van der Waals surface area contributed by atoms with Gasteiger partial charge in [0.25, 0.3) is 0 Å². The average molecular weight is 350 g/mol. The molecule has 3 N–H and O–H groups in total. The van der Waals surface area contributed by atoms with Crippen molar-refractivity contribution in [2.45, 2.75) is 18.6 Å². The summed E-state index contributed by atoms with van der Waals surface area (Å²) in [6.07, 6.45) is 0.468. The molecule has 0 amide bonds. The molecule has 2 aromatic rings. The van der Waals surface area contributed by atoms with Gasteiger partial charge in [-0.1, -0.05) is 58.4 Å². The van der Waals surface area contributed by atoms with Crippen LogP contribution in [0.2, 0.25) is 0 Å². The molecule has 0 fully saturated rings. The minimum absolute atomic E-state index is 0.223. The van der Waals surface area contributed by atoms with E-state index in [1.54, 1.807) is 0 Å². The fourth-order valence-electron chi connectivity index (χ4n) is 2.25. The molecule has 0 aliphatic carbocycles. The van der Waals surface area contributed by atoms with Crippen molar-refractivity contribution in [2.24, 2.45) is 5.73 Å². The van der Waals surface area contributed by atoms with E-state index in [1.165, 1.54) is 0 Å². The van der Waals surface area contributed by atoms with E-state index in [9.17, 15) is 5.11 Å². The number of halogens is 1. The first-order chi connectivity index (χ1) is 10.1. The van der Waals surface area contributed by atoms with E-state index in [0.29, 0.717) is 19.6 Å². The summed E-state index contributed by atoms with van der Waals surface area (Å²) in [5, 5.41) is 10.8. The van der Waals surface area contributed by atoms with Crippen molar-refractivity contribution in [1.82, 2.24) is 0 Å². The van der Waals surface area contributed by atoms with Crippen molar-refractivity contribution in [3.63, 3.8) is 0 Å². The number of rotatable bonds is 7. The molecule has 0 spiro atoms. The van der Waals surface area contributed by atoms with Crippen LogP contribution in [0.15, 0.2) is 59.1 Å². The number of hydrogen-bond donors (Lipinski definition) is 2. The molecule has 0 radical (unpaired) electrons. The molecular weight excluding hydrogens is 330 g/mol. The Hall–Kier alpha value is -1.20. The van der Waals surface area contributed by atoms with Crippen LogP contribution in [0.1, 0.15) is 17.5 Å². The first-order valence-electron chi connectivity index (χ1n) is 6.94. The van der Waals surface area contributed by atoms with Crippen LogP contribution < -0.4 is 5.73 Å². The van der Waals surface area contributed by atoms with Crippen LogP contribution in [0.3, 0.4) is 0 Å². The van der Waals surface area contributed by atoms with Gasteiger partial charge in [-0.15, -0.1) is 0 Å². The van der Waals surface area contributed by atoms with Gasteiger partial charge in [-0.2, -0.15) is 0 Å². The Morgan fingerprint density at radius 3 is 2.52 bits per heavy atom. The number of nitrogens with two attached hydrogens (primary N) is 1. The van der Waals surface area contributed by atoms with Gasteiger partial charge in [-0.3, -0.25) is 0 Å². The van der Waals surface area contributed by atoms with Crippen LogP contribution in [-0.2, 0) is 16.9 Å². The zero-order chi connectivity index (χ0) is 15.1. The summed E-state index contributed by atoms with van der Waals surface area (Å²) in [7, 11) is 0. The minimum atomic E-state index is -1.04. The highest BCUT2D eigenvalue weighted by atomic mass is 79.9. The zero-order valence-corrected chi connectivity index (χ0v) is 13.4. The third-order valence-corrected chi connectivity index (χ3v) is 3.86. The minimum Gasteiger partial charge on any atom is -0.383 e. The van der Waals surface area contributed by atoms with Crippen molar-refractivity contribution in [2.75, 3.05) is 13.2 Å². The van der Waals surface area contributed by atoms with Gasteiger partial charge in [0.2, 0.25) is 0 Å². The van der Waals surface area contributed by atoms with E-state index < -0.39 is 5.60 Å². The van der Waals surface area contributed by atoms with Gasteiger partial charge in [0, 0.05) is 4.47 Å². The van der Waals surface area contributed by atoms with E-state index in [1.807, 2.05) is 54.6 Å². The van der Waals surface area contributed by atoms with E-state index in [2.05, 4.69) is 15.9 Å². The molecule has 0 aromatic heterocycles. The quantitative estimate of drug-likeness (QED) is 0.806. The Balaban J connectivity index is 2.00. The lowest BCUT2D eigenvalue weighted by Gasteiger charge is -2.28. The van der Waals surface area contributed by atoms with Crippen LogP contribution in [0, 0.1) is 0 Å². The summed E-state index contributed by atoms with van der Waals surface area (Å²) in [5.74, 6) is 0. The van der Waals surface area contributed by atoms with Crippen molar-refractivity contribution in [3.8, 4) is 0 Å². The van der Waals surface area contributed by atoms with Crippen LogP contribution in [0.4, 0.5) is 0 Å². The molecule has 0 saturated carbocycles. The zero-order valence-electron chi connectivity index (χ0n) is 11.8. The molecule has 0 heterocycles. The molecule has 2 rings (SSSR count). The lowest BCUT2D eigenvalue weighted by Crippen LogP contribution is -2.34. The summed E-state index contributed by atoms with van der Waals surface area (Å²) in [4.78, 5) is 0. The first kappa shape index (κ1) is 16.2. The van der Waals surface area contributed by atoms with Crippen LogP contribution in [0.5, 0.6) is 0 Å². The summed E-state index contributed by atoms with van der Waals surface area (Å²) in [5.41, 5.74) is 6.49. The van der Waals surface area contributed by atoms with Crippen LogP contribution in [-0.4, -0.2) is 18.3 Å². The molecule has 0 unspecified atom stereocenters. The number of aliphatic hydroxyl groups is 1. The maximum atomic E-state index is 10.8. The topological polar surface area (TPSA) is 55.5 Å². The summed E-state index contributed by atoms with van der Waals surface area (Å²) < 4.78 is 6.74. The molecule has 0 bridgehead atoms. The molecule has 21 heavy (non-hydrogen) atoms. The third kappa shape index (κ3) is 4.64. The van der Waals surface area contributed by atoms with E-state index in [0.717, 1.165) is 15.6 Å². The summed E-state index contributed by atoms with van der Waals surface area (Å²) in [6, 6.07) is 17.5. The van der Waals surface area contributed by atoms with Gasteiger partial charge in [-0.25, -0.2) is 0 Å². The second kappa shape index (κ2) is 7.71. The Morgan fingerprint density at radius 2 is 1.86 bits per heavy atom. The fraction of sp³-hybridized carbons (Fsp3) is 0.294. The normalized spacial score (nSPS) is 13.9. The Labute approximate surface area is 133 Å². The van der Waals surface area contributed by atoms with E-state index >= 15 is 0 Å². The molecule has 4 heteroatoms. The van der Waals surface area contributed by atoms with Gasteiger partial charge in [0.05, 0.1) is 13.2 Å². The van der Waals surface area contributed by atoms with Crippen LogP contribution in [0.25, 0.3) is 0 Å². The molecule has 3 nitrogen and oxygen atoms in total. The fourth-order valence-corrected chi connectivity index (χ4v) is 2.70. The highest BCUT2D eigenvalue weighted by Crippen LogP contribution is 2.25. The van der Waals surface area contributed by atoms with Crippen molar-refractivity contribution >= 4 is 15.9 Å². The van der Waals surface area contributed by atoms with Gasteiger partial charge >= 0.3 is 0 Å².